The zero-order valence-electron chi connectivity index (χ0n) is 13.2. The Morgan fingerprint density at radius 3 is 2.84 bits per heavy atom. The van der Waals surface area contributed by atoms with E-state index in [-0.39, 0.29) is 11.1 Å². The molecule has 0 bridgehead atoms. The summed E-state index contributed by atoms with van der Waals surface area (Å²) in [7, 11) is 0. The summed E-state index contributed by atoms with van der Waals surface area (Å²) in [6, 6.07) is 8.94. The number of furan rings is 1. The molecule has 128 valence electrons. The number of carbonyl (C=O) groups excluding carboxylic acids is 1. The van der Waals surface area contributed by atoms with E-state index in [9.17, 15) is 9.18 Å². The molecule has 1 aromatic heterocycles. The zero-order chi connectivity index (χ0) is 17.6. The smallest absolute Gasteiger partial charge is 0.274 e. The Morgan fingerprint density at radius 2 is 2.12 bits per heavy atom. The normalized spacial score (nSPS) is 14.5. The van der Waals surface area contributed by atoms with Crippen molar-refractivity contribution in [3.63, 3.8) is 0 Å². The van der Waals surface area contributed by atoms with Crippen LogP contribution in [0.2, 0.25) is 0 Å². The van der Waals surface area contributed by atoms with Gasteiger partial charge >= 0.3 is 0 Å². The van der Waals surface area contributed by atoms with Gasteiger partial charge in [-0.25, -0.2) is 9.82 Å². The molecule has 1 aliphatic heterocycles. The van der Waals surface area contributed by atoms with Gasteiger partial charge in [0.25, 0.3) is 5.91 Å². The summed E-state index contributed by atoms with van der Waals surface area (Å²) < 4.78 is 24.7. The van der Waals surface area contributed by atoms with Gasteiger partial charge in [0.05, 0.1) is 36.6 Å². The van der Waals surface area contributed by atoms with Crippen LogP contribution in [-0.2, 0) is 4.74 Å². The number of anilines is 1. The number of rotatable bonds is 4. The van der Waals surface area contributed by atoms with E-state index in [1.54, 1.807) is 12.1 Å². The monoisotopic (exact) mass is 342 g/mol. The van der Waals surface area contributed by atoms with Gasteiger partial charge in [0, 0.05) is 19.2 Å². The van der Waals surface area contributed by atoms with E-state index < -0.39 is 11.7 Å². The average Bonchev–Trinajstić information content (AvgIpc) is 3.11. The zero-order valence-corrected chi connectivity index (χ0v) is 13.2. The van der Waals surface area contributed by atoms with Gasteiger partial charge in [0.2, 0.25) is 0 Å². The van der Waals surface area contributed by atoms with Gasteiger partial charge in [-0.3, -0.25) is 4.79 Å². The Balaban J connectivity index is 1.60. The summed E-state index contributed by atoms with van der Waals surface area (Å²) in [6.45, 7) is 2.80. The number of nitrogens with one attached hydrogen (secondary N) is 1. The third kappa shape index (κ3) is 4.02. The minimum atomic E-state index is -0.778. The van der Waals surface area contributed by atoms with E-state index in [0.717, 1.165) is 19.2 Å². The first-order valence-electron chi connectivity index (χ1n) is 7.63. The van der Waals surface area contributed by atoms with Gasteiger partial charge in [0.15, 0.2) is 5.88 Å². The molecule has 0 aliphatic carbocycles. The van der Waals surface area contributed by atoms with Crippen molar-refractivity contribution in [1.82, 2.24) is 5.43 Å². The molecule has 2 heterocycles. The minimum absolute atomic E-state index is 0.142. The first kappa shape index (κ1) is 16.7. The third-order valence-electron chi connectivity index (χ3n) is 3.64. The summed E-state index contributed by atoms with van der Waals surface area (Å²) >= 11 is 0. The van der Waals surface area contributed by atoms with Crippen molar-refractivity contribution in [2.45, 2.75) is 0 Å². The van der Waals surface area contributed by atoms with Gasteiger partial charge in [-0.1, -0.05) is 0 Å². The van der Waals surface area contributed by atoms with Crippen LogP contribution < -0.4 is 10.3 Å². The van der Waals surface area contributed by atoms with Crippen LogP contribution in [0.4, 0.5) is 10.3 Å². The van der Waals surface area contributed by atoms with E-state index >= 15 is 0 Å². The summed E-state index contributed by atoms with van der Waals surface area (Å²) in [5.74, 6) is -0.325. The fraction of sp³-hybridized carbons (Fsp3) is 0.235. The number of ether oxygens (including phenoxy) is 1. The number of carbonyl (C=O) groups is 1. The Hall–Kier alpha value is -3.18. The van der Waals surface area contributed by atoms with Crippen LogP contribution in [0.5, 0.6) is 0 Å². The van der Waals surface area contributed by atoms with Gasteiger partial charge in [-0.15, -0.1) is 0 Å². The lowest BCUT2D eigenvalue weighted by Gasteiger charge is -2.26. The number of hydrazone groups is 1. The van der Waals surface area contributed by atoms with E-state index in [0.29, 0.717) is 24.9 Å². The summed E-state index contributed by atoms with van der Waals surface area (Å²) in [5.41, 5.74) is 2.18. The number of hydrogen-bond donors (Lipinski definition) is 1. The van der Waals surface area contributed by atoms with Crippen LogP contribution in [0.15, 0.2) is 39.9 Å². The molecular weight excluding hydrogens is 327 g/mol. The summed E-state index contributed by atoms with van der Waals surface area (Å²) in [5, 5.41) is 12.5. The summed E-state index contributed by atoms with van der Waals surface area (Å²) in [6.07, 6.45) is 1.34. The molecule has 1 fully saturated rings. The fourth-order valence-electron chi connectivity index (χ4n) is 2.35. The van der Waals surface area contributed by atoms with Gasteiger partial charge in [0.1, 0.15) is 11.6 Å². The van der Waals surface area contributed by atoms with Gasteiger partial charge in [-0.05, 0) is 24.3 Å². The maximum atomic E-state index is 13.7. The molecule has 25 heavy (non-hydrogen) atoms. The lowest BCUT2D eigenvalue weighted by atomic mass is 10.1. The summed E-state index contributed by atoms with van der Waals surface area (Å²) in [4.78, 5) is 14.0. The topological polar surface area (TPSA) is 90.9 Å². The van der Waals surface area contributed by atoms with Crippen molar-refractivity contribution in [2.75, 3.05) is 31.2 Å². The number of halogens is 1. The maximum absolute atomic E-state index is 13.7. The number of nitrogens with zero attached hydrogens (tertiary/aromatic N) is 3. The van der Waals surface area contributed by atoms with Crippen LogP contribution in [-0.4, -0.2) is 38.4 Å². The van der Waals surface area contributed by atoms with Crippen LogP contribution in [0.25, 0.3) is 0 Å². The average molecular weight is 342 g/mol. The number of nitriles is 1. The van der Waals surface area contributed by atoms with Crippen molar-refractivity contribution < 1.29 is 18.3 Å². The lowest BCUT2D eigenvalue weighted by molar-refractivity contribution is 0.0951. The molecule has 0 spiro atoms. The number of morpholine rings is 1. The molecule has 1 amide bonds. The van der Waals surface area contributed by atoms with Gasteiger partial charge < -0.3 is 14.1 Å². The molecule has 0 saturated carbocycles. The standard InChI is InChI=1S/C17H15FN4O3/c18-15-9-12(10-19)1-3-14(15)17(23)21-20-11-13-2-4-16(25-13)22-5-7-24-8-6-22/h1-4,9,11H,5-8H2,(H,21,23)/b20-11-. The fourth-order valence-corrected chi connectivity index (χ4v) is 2.35. The predicted octanol–water partition coefficient (Wildman–Crippen LogP) is 1.89. The molecular formula is C17H15FN4O3. The van der Waals surface area contributed by atoms with Crippen molar-refractivity contribution >= 4 is 18.0 Å². The Kier molecular flexibility index (Phi) is 5.06. The van der Waals surface area contributed by atoms with Crippen LogP contribution in [0.3, 0.4) is 0 Å². The quantitative estimate of drug-likeness (QED) is 0.677. The van der Waals surface area contributed by atoms with E-state index in [1.165, 1.54) is 18.3 Å². The Bertz CT molecular complexity index is 835. The van der Waals surface area contributed by atoms with Crippen LogP contribution in [0, 0.1) is 17.1 Å². The molecule has 1 aromatic carbocycles. The van der Waals surface area contributed by atoms with Crippen molar-refractivity contribution in [3.05, 3.63) is 53.0 Å². The number of amides is 1. The highest BCUT2D eigenvalue weighted by Crippen LogP contribution is 2.18. The second-order valence-electron chi connectivity index (χ2n) is 5.28. The molecule has 3 rings (SSSR count). The first-order valence-corrected chi connectivity index (χ1v) is 7.63. The largest absolute Gasteiger partial charge is 0.440 e. The SMILES string of the molecule is N#Cc1ccc(C(=O)N/N=C\c2ccc(N3CCOCC3)o2)c(F)c1. The molecule has 2 aromatic rings. The van der Waals surface area contributed by atoms with E-state index in [1.807, 2.05) is 11.0 Å². The van der Waals surface area contributed by atoms with Crippen molar-refractivity contribution in [2.24, 2.45) is 5.10 Å². The molecule has 1 aliphatic rings. The van der Waals surface area contributed by atoms with Crippen molar-refractivity contribution in [1.29, 1.82) is 5.26 Å². The predicted molar refractivity (Wildman–Crippen MR) is 87.9 cm³/mol. The highest BCUT2D eigenvalue weighted by Gasteiger charge is 2.14. The highest BCUT2D eigenvalue weighted by atomic mass is 19.1. The molecule has 0 radical (unpaired) electrons. The van der Waals surface area contributed by atoms with E-state index in [2.05, 4.69) is 10.5 Å². The maximum Gasteiger partial charge on any atom is 0.274 e. The number of hydrogen-bond acceptors (Lipinski definition) is 6. The third-order valence-corrected chi connectivity index (χ3v) is 3.64. The van der Waals surface area contributed by atoms with E-state index in [4.69, 9.17) is 14.4 Å². The lowest BCUT2D eigenvalue weighted by Crippen LogP contribution is -2.35. The number of benzene rings is 1. The first-order chi connectivity index (χ1) is 12.2. The van der Waals surface area contributed by atoms with Crippen LogP contribution in [0.1, 0.15) is 21.7 Å². The second-order valence-corrected chi connectivity index (χ2v) is 5.28. The van der Waals surface area contributed by atoms with Gasteiger partial charge in [-0.2, -0.15) is 10.4 Å². The molecule has 0 atom stereocenters. The van der Waals surface area contributed by atoms with Crippen LogP contribution >= 0.6 is 0 Å². The molecule has 8 heteroatoms. The molecule has 7 nitrogen and oxygen atoms in total. The van der Waals surface area contributed by atoms with Crippen molar-refractivity contribution in [3.8, 4) is 6.07 Å². The minimum Gasteiger partial charge on any atom is -0.440 e. The Morgan fingerprint density at radius 1 is 1.32 bits per heavy atom. The Labute approximate surface area is 143 Å². The molecule has 1 N–H and O–H groups in total. The molecule has 1 saturated heterocycles. The second kappa shape index (κ2) is 7.59. The highest BCUT2D eigenvalue weighted by molar-refractivity contribution is 5.95. The molecule has 0 unspecified atom stereocenters.